The van der Waals surface area contributed by atoms with Gasteiger partial charge in [-0.05, 0) is 37.5 Å². The molecule has 0 aromatic rings. The third-order valence-corrected chi connectivity index (χ3v) is 5.06. The molecule has 4 heteroatoms. The first-order chi connectivity index (χ1) is 6.94. The normalized spacial score (nSPS) is 32.9. The van der Waals surface area contributed by atoms with E-state index >= 15 is 0 Å². The average molecular weight is 233 g/mol. The summed E-state index contributed by atoms with van der Waals surface area (Å²) in [4.78, 5) is 0. The lowest BCUT2D eigenvalue weighted by atomic mass is 9.79. The summed E-state index contributed by atoms with van der Waals surface area (Å²) in [6.07, 6.45) is 3.81. The van der Waals surface area contributed by atoms with Crippen LogP contribution in [0.2, 0.25) is 0 Å². The number of rotatable bonds is 4. The molecule has 0 aromatic carbocycles. The van der Waals surface area contributed by atoms with Crippen LogP contribution in [0.5, 0.6) is 0 Å². The lowest BCUT2D eigenvalue weighted by Gasteiger charge is -2.32. The van der Waals surface area contributed by atoms with Crippen LogP contribution in [0.3, 0.4) is 0 Å². The molecular weight excluding hydrogens is 210 g/mol. The third kappa shape index (κ3) is 4.11. The van der Waals surface area contributed by atoms with Gasteiger partial charge in [0.15, 0.2) is 0 Å². The van der Waals surface area contributed by atoms with Gasteiger partial charge in [0.05, 0.1) is 5.75 Å². The second kappa shape index (κ2) is 5.30. The molecule has 0 amide bonds. The van der Waals surface area contributed by atoms with Crippen LogP contribution in [0.4, 0.5) is 0 Å². The van der Waals surface area contributed by atoms with E-state index in [4.69, 9.17) is 0 Å². The second-order valence-corrected chi connectivity index (χ2v) is 6.77. The predicted molar refractivity (Wildman–Crippen MR) is 63.2 cm³/mol. The second-order valence-electron chi connectivity index (χ2n) is 4.90. The van der Waals surface area contributed by atoms with Gasteiger partial charge in [0.2, 0.25) is 10.0 Å². The third-order valence-electron chi connectivity index (χ3n) is 3.42. The van der Waals surface area contributed by atoms with Crippen molar-refractivity contribution in [3.05, 3.63) is 0 Å². The van der Waals surface area contributed by atoms with Crippen molar-refractivity contribution in [3.8, 4) is 0 Å². The Morgan fingerprint density at radius 3 is 2.40 bits per heavy atom. The van der Waals surface area contributed by atoms with Crippen LogP contribution in [0, 0.1) is 11.8 Å². The Labute approximate surface area is 93.7 Å². The van der Waals surface area contributed by atoms with E-state index in [1.54, 1.807) is 0 Å². The largest absolute Gasteiger partial charge is 0.212 e. The van der Waals surface area contributed by atoms with Gasteiger partial charge in [-0.2, -0.15) is 0 Å². The lowest BCUT2D eigenvalue weighted by molar-refractivity contribution is 0.242. The molecule has 0 aliphatic heterocycles. The fourth-order valence-electron chi connectivity index (χ4n) is 2.24. The van der Waals surface area contributed by atoms with Crippen LogP contribution in [0.15, 0.2) is 0 Å². The molecule has 0 aromatic heterocycles. The van der Waals surface area contributed by atoms with Gasteiger partial charge in [-0.3, -0.25) is 0 Å². The molecule has 15 heavy (non-hydrogen) atoms. The van der Waals surface area contributed by atoms with Crippen molar-refractivity contribution in [2.24, 2.45) is 11.8 Å². The fourth-order valence-corrected chi connectivity index (χ4v) is 3.61. The van der Waals surface area contributed by atoms with Gasteiger partial charge in [-0.1, -0.05) is 20.8 Å². The van der Waals surface area contributed by atoms with Crippen molar-refractivity contribution in [3.63, 3.8) is 0 Å². The average Bonchev–Trinajstić information content (AvgIpc) is 2.10. The molecule has 1 fully saturated rings. The zero-order valence-corrected chi connectivity index (χ0v) is 10.8. The van der Waals surface area contributed by atoms with Crippen molar-refractivity contribution in [2.75, 3.05) is 5.75 Å². The highest BCUT2D eigenvalue weighted by Gasteiger charge is 2.26. The minimum atomic E-state index is -3.02. The Morgan fingerprint density at radius 2 is 1.87 bits per heavy atom. The van der Waals surface area contributed by atoms with E-state index < -0.39 is 10.0 Å². The molecular formula is C11H23NO2S. The predicted octanol–water partition coefficient (Wildman–Crippen LogP) is 2.14. The molecule has 3 unspecified atom stereocenters. The van der Waals surface area contributed by atoms with E-state index in [0.29, 0.717) is 12.3 Å². The van der Waals surface area contributed by atoms with Crippen LogP contribution in [-0.2, 0) is 10.0 Å². The summed E-state index contributed by atoms with van der Waals surface area (Å²) in [7, 11) is -3.02. The molecule has 1 rings (SSSR count). The van der Waals surface area contributed by atoms with Crippen LogP contribution in [-0.4, -0.2) is 20.2 Å². The molecule has 0 bridgehead atoms. The Morgan fingerprint density at radius 1 is 1.20 bits per heavy atom. The van der Waals surface area contributed by atoms with Gasteiger partial charge in [0, 0.05) is 6.04 Å². The summed E-state index contributed by atoms with van der Waals surface area (Å²) in [5.74, 6) is 1.62. The van der Waals surface area contributed by atoms with Gasteiger partial charge < -0.3 is 0 Å². The van der Waals surface area contributed by atoms with Gasteiger partial charge in [0.25, 0.3) is 0 Å². The first-order valence-electron chi connectivity index (χ1n) is 5.94. The summed E-state index contributed by atoms with van der Waals surface area (Å²) in [5, 5.41) is 0. The molecule has 1 saturated carbocycles. The van der Waals surface area contributed by atoms with Crippen LogP contribution < -0.4 is 4.72 Å². The van der Waals surface area contributed by atoms with E-state index in [-0.39, 0.29) is 11.8 Å². The number of nitrogens with one attached hydrogen (secondary N) is 1. The molecule has 1 aliphatic carbocycles. The highest BCUT2D eigenvalue weighted by Crippen LogP contribution is 2.29. The van der Waals surface area contributed by atoms with Gasteiger partial charge in [-0.15, -0.1) is 0 Å². The molecule has 0 saturated heterocycles. The molecule has 3 nitrogen and oxygen atoms in total. The van der Waals surface area contributed by atoms with E-state index in [1.165, 1.54) is 0 Å². The molecule has 90 valence electrons. The van der Waals surface area contributed by atoms with Crippen molar-refractivity contribution in [1.29, 1.82) is 0 Å². The molecule has 3 atom stereocenters. The monoisotopic (exact) mass is 233 g/mol. The first kappa shape index (κ1) is 13.0. The number of sulfonamides is 1. The van der Waals surface area contributed by atoms with Crippen LogP contribution >= 0.6 is 0 Å². The van der Waals surface area contributed by atoms with Gasteiger partial charge in [-0.25, -0.2) is 13.1 Å². The Bertz CT molecular complexity index is 287. The Hall–Kier alpha value is -0.0900. The topological polar surface area (TPSA) is 46.2 Å². The summed E-state index contributed by atoms with van der Waals surface area (Å²) in [6, 6.07) is 0.174. The lowest BCUT2D eigenvalue weighted by Crippen LogP contribution is -2.40. The van der Waals surface area contributed by atoms with E-state index in [2.05, 4.69) is 18.6 Å². The number of hydrogen-bond donors (Lipinski definition) is 1. The minimum absolute atomic E-state index is 0.174. The summed E-state index contributed by atoms with van der Waals surface area (Å²) < 4.78 is 26.0. The molecule has 1 N–H and O–H groups in total. The summed E-state index contributed by atoms with van der Waals surface area (Å²) >= 11 is 0. The highest BCUT2D eigenvalue weighted by atomic mass is 32.2. The molecule has 0 heterocycles. The quantitative estimate of drug-likeness (QED) is 0.808. The summed E-state index contributed by atoms with van der Waals surface area (Å²) in [5.41, 5.74) is 0. The molecule has 1 aliphatic rings. The SMILES string of the molecule is CCCS(=O)(=O)NC1CCC(C)C(C)C1. The maximum Gasteiger partial charge on any atom is 0.211 e. The number of hydrogen-bond acceptors (Lipinski definition) is 2. The highest BCUT2D eigenvalue weighted by molar-refractivity contribution is 7.89. The zero-order chi connectivity index (χ0) is 11.5. The van der Waals surface area contributed by atoms with Crippen molar-refractivity contribution in [1.82, 2.24) is 4.72 Å². The van der Waals surface area contributed by atoms with Crippen molar-refractivity contribution >= 4 is 10.0 Å². The molecule has 0 radical (unpaired) electrons. The van der Waals surface area contributed by atoms with Crippen molar-refractivity contribution < 1.29 is 8.42 Å². The standard InChI is InChI=1S/C11H23NO2S/c1-4-7-15(13,14)12-11-6-5-9(2)10(3)8-11/h9-12H,4-8H2,1-3H3. The van der Waals surface area contributed by atoms with Gasteiger partial charge in [0.1, 0.15) is 0 Å². The Kier molecular flexibility index (Phi) is 4.59. The fraction of sp³-hybridized carbons (Fsp3) is 1.00. The zero-order valence-electron chi connectivity index (χ0n) is 9.99. The maximum atomic E-state index is 11.6. The van der Waals surface area contributed by atoms with E-state index in [1.807, 2.05) is 6.92 Å². The molecule has 0 spiro atoms. The van der Waals surface area contributed by atoms with Crippen LogP contribution in [0.25, 0.3) is 0 Å². The first-order valence-corrected chi connectivity index (χ1v) is 7.60. The van der Waals surface area contributed by atoms with Gasteiger partial charge >= 0.3 is 0 Å². The van der Waals surface area contributed by atoms with Crippen LogP contribution in [0.1, 0.15) is 46.5 Å². The van der Waals surface area contributed by atoms with E-state index in [9.17, 15) is 8.42 Å². The maximum absolute atomic E-state index is 11.6. The van der Waals surface area contributed by atoms with Crippen molar-refractivity contribution in [2.45, 2.75) is 52.5 Å². The smallest absolute Gasteiger partial charge is 0.211 e. The Balaban J connectivity index is 2.46. The minimum Gasteiger partial charge on any atom is -0.212 e. The summed E-state index contributed by atoms with van der Waals surface area (Å²) in [6.45, 7) is 6.36. The van der Waals surface area contributed by atoms with E-state index in [0.717, 1.165) is 25.2 Å².